The Hall–Kier alpha value is -1.35. The van der Waals surface area contributed by atoms with E-state index in [0.717, 1.165) is 31.8 Å². The maximum absolute atomic E-state index is 12.0. The molecule has 1 aromatic carbocycles. The molecule has 0 spiro atoms. The smallest absolute Gasteiger partial charge is 0.338 e. The zero-order chi connectivity index (χ0) is 13.1. The molecule has 0 atom stereocenters. The first-order valence-electron chi connectivity index (χ1n) is 7.32. The molecule has 1 heterocycles. The van der Waals surface area contributed by atoms with Crippen molar-refractivity contribution in [2.75, 3.05) is 13.2 Å². The van der Waals surface area contributed by atoms with Crippen molar-refractivity contribution < 1.29 is 9.53 Å². The zero-order valence-electron chi connectivity index (χ0n) is 11.3. The van der Waals surface area contributed by atoms with Crippen molar-refractivity contribution in [2.45, 2.75) is 38.6 Å². The minimum absolute atomic E-state index is 0.173. The minimum Gasteiger partial charge on any atom is -0.462 e. The van der Waals surface area contributed by atoms with Gasteiger partial charge in [0.2, 0.25) is 0 Å². The number of rotatable bonds is 4. The van der Waals surface area contributed by atoms with Crippen LogP contribution in [0.5, 0.6) is 0 Å². The van der Waals surface area contributed by atoms with Crippen LogP contribution in [0.15, 0.2) is 18.2 Å². The first-order chi connectivity index (χ1) is 9.33. The highest BCUT2D eigenvalue weighted by atomic mass is 16.5. The summed E-state index contributed by atoms with van der Waals surface area (Å²) in [5, 5.41) is 3.33. The lowest BCUT2D eigenvalue weighted by Gasteiger charge is -2.24. The van der Waals surface area contributed by atoms with Crippen molar-refractivity contribution in [3.63, 3.8) is 0 Å². The van der Waals surface area contributed by atoms with Gasteiger partial charge >= 0.3 is 5.97 Å². The van der Waals surface area contributed by atoms with Crippen LogP contribution in [-0.2, 0) is 17.7 Å². The van der Waals surface area contributed by atoms with Gasteiger partial charge in [0, 0.05) is 6.54 Å². The lowest BCUT2D eigenvalue weighted by Crippen LogP contribution is -2.24. The molecule has 1 aliphatic heterocycles. The summed E-state index contributed by atoms with van der Waals surface area (Å²) in [5.74, 6) is 0.619. The fourth-order valence-corrected chi connectivity index (χ4v) is 2.79. The third-order valence-electron chi connectivity index (χ3n) is 4.31. The Kier molecular flexibility index (Phi) is 3.83. The summed E-state index contributed by atoms with van der Waals surface area (Å²) in [4.78, 5) is 12.0. The second kappa shape index (κ2) is 5.74. The average Bonchev–Trinajstić information content (AvgIpc) is 2.40. The highest BCUT2D eigenvalue weighted by molar-refractivity contribution is 5.89. The second-order valence-corrected chi connectivity index (χ2v) is 5.63. The molecular weight excluding hydrogens is 238 g/mol. The number of carbonyl (C=O) groups excluding carboxylic acids is 1. The molecule has 3 nitrogen and oxygen atoms in total. The van der Waals surface area contributed by atoms with Crippen LogP contribution in [0.1, 0.15) is 47.2 Å². The number of hydrogen-bond acceptors (Lipinski definition) is 3. The van der Waals surface area contributed by atoms with E-state index in [-0.39, 0.29) is 5.97 Å². The molecule has 0 saturated heterocycles. The third-order valence-corrected chi connectivity index (χ3v) is 4.31. The first-order valence-corrected chi connectivity index (χ1v) is 7.32. The average molecular weight is 259 g/mol. The van der Waals surface area contributed by atoms with E-state index < -0.39 is 0 Å². The molecule has 1 aliphatic carbocycles. The molecular formula is C16H21NO2. The molecule has 2 aliphatic rings. The SMILES string of the molecule is O=C(OCCC1CCC1)c1ccc2c(c1)CNCC2. The third kappa shape index (κ3) is 2.98. The Bertz CT molecular complexity index is 466. The summed E-state index contributed by atoms with van der Waals surface area (Å²) in [5.41, 5.74) is 3.28. The van der Waals surface area contributed by atoms with E-state index in [1.807, 2.05) is 12.1 Å². The highest BCUT2D eigenvalue weighted by Crippen LogP contribution is 2.29. The van der Waals surface area contributed by atoms with Gasteiger partial charge in [0.1, 0.15) is 0 Å². The quantitative estimate of drug-likeness (QED) is 0.845. The van der Waals surface area contributed by atoms with E-state index in [0.29, 0.717) is 12.2 Å². The van der Waals surface area contributed by atoms with Gasteiger partial charge < -0.3 is 10.1 Å². The van der Waals surface area contributed by atoms with Crippen LogP contribution >= 0.6 is 0 Å². The van der Waals surface area contributed by atoms with E-state index in [9.17, 15) is 4.79 Å². The minimum atomic E-state index is -0.173. The van der Waals surface area contributed by atoms with E-state index in [2.05, 4.69) is 11.4 Å². The molecule has 0 bridgehead atoms. The van der Waals surface area contributed by atoms with Crippen molar-refractivity contribution in [3.8, 4) is 0 Å². The molecule has 1 N–H and O–H groups in total. The molecule has 19 heavy (non-hydrogen) atoms. The fraction of sp³-hybridized carbons (Fsp3) is 0.562. The van der Waals surface area contributed by atoms with E-state index in [1.165, 1.54) is 30.4 Å². The van der Waals surface area contributed by atoms with Gasteiger partial charge in [-0.3, -0.25) is 0 Å². The predicted octanol–water partition coefficient (Wildman–Crippen LogP) is 2.68. The zero-order valence-corrected chi connectivity index (χ0v) is 11.3. The van der Waals surface area contributed by atoms with Gasteiger partial charge in [-0.15, -0.1) is 0 Å². The molecule has 1 aromatic rings. The van der Waals surface area contributed by atoms with Gasteiger partial charge in [-0.05, 0) is 48.6 Å². The maximum atomic E-state index is 12.0. The van der Waals surface area contributed by atoms with Crippen LogP contribution in [0.4, 0.5) is 0 Å². The number of nitrogens with one attached hydrogen (secondary N) is 1. The summed E-state index contributed by atoms with van der Waals surface area (Å²) in [6.45, 7) is 2.45. The van der Waals surface area contributed by atoms with Crippen LogP contribution in [-0.4, -0.2) is 19.1 Å². The largest absolute Gasteiger partial charge is 0.462 e. The number of fused-ring (bicyclic) bond motifs is 1. The number of ether oxygens (including phenoxy) is 1. The van der Waals surface area contributed by atoms with Crippen molar-refractivity contribution >= 4 is 5.97 Å². The summed E-state index contributed by atoms with van der Waals surface area (Å²) < 4.78 is 5.37. The van der Waals surface area contributed by atoms with E-state index in [4.69, 9.17) is 4.74 Å². The van der Waals surface area contributed by atoms with Crippen LogP contribution in [0, 0.1) is 5.92 Å². The molecule has 0 unspecified atom stereocenters. The fourth-order valence-electron chi connectivity index (χ4n) is 2.79. The lowest BCUT2D eigenvalue weighted by atomic mass is 9.83. The van der Waals surface area contributed by atoms with Crippen LogP contribution < -0.4 is 5.32 Å². The van der Waals surface area contributed by atoms with Gasteiger partial charge in [-0.25, -0.2) is 4.79 Å². The summed E-state index contributed by atoms with van der Waals surface area (Å²) >= 11 is 0. The first kappa shape index (κ1) is 12.7. The molecule has 0 amide bonds. The van der Waals surface area contributed by atoms with E-state index in [1.54, 1.807) is 0 Å². The predicted molar refractivity (Wildman–Crippen MR) is 74.1 cm³/mol. The van der Waals surface area contributed by atoms with Gasteiger partial charge in [0.05, 0.1) is 12.2 Å². The molecule has 3 rings (SSSR count). The molecule has 1 fully saturated rings. The number of benzene rings is 1. The molecule has 0 aromatic heterocycles. The Morgan fingerprint density at radius 3 is 3.00 bits per heavy atom. The number of carbonyl (C=O) groups is 1. The van der Waals surface area contributed by atoms with Crippen molar-refractivity contribution in [1.29, 1.82) is 0 Å². The standard InChI is InChI=1S/C16H21NO2/c18-16(19-9-7-12-2-1-3-12)14-5-4-13-6-8-17-11-15(13)10-14/h4-5,10,12,17H,1-3,6-9,11H2. The normalized spacial score (nSPS) is 18.5. The molecule has 0 radical (unpaired) electrons. The second-order valence-electron chi connectivity index (χ2n) is 5.63. The van der Waals surface area contributed by atoms with Crippen molar-refractivity contribution in [3.05, 3.63) is 34.9 Å². The molecule has 102 valence electrons. The van der Waals surface area contributed by atoms with E-state index >= 15 is 0 Å². The molecule has 3 heteroatoms. The molecule has 1 saturated carbocycles. The van der Waals surface area contributed by atoms with Crippen molar-refractivity contribution in [1.82, 2.24) is 5.32 Å². The Balaban J connectivity index is 1.56. The Labute approximate surface area is 114 Å². The Morgan fingerprint density at radius 1 is 1.32 bits per heavy atom. The monoisotopic (exact) mass is 259 g/mol. The summed E-state index contributed by atoms with van der Waals surface area (Å²) in [7, 11) is 0. The van der Waals surface area contributed by atoms with Crippen LogP contribution in [0.25, 0.3) is 0 Å². The Morgan fingerprint density at radius 2 is 2.21 bits per heavy atom. The number of esters is 1. The number of hydrogen-bond donors (Lipinski definition) is 1. The summed E-state index contributed by atoms with van der Waals surface area (Å²) in [6.07, 6.45) is 6.03. The van der Waals surface area contributed by atoms with Gasteiger partial charge in [-0.2, -0.15) is 0 Å². The van der Waals surface area contributed by atoms with Crippen LogP contribution in [0.3, 0.4) is 0 Å². The van der Waals surface area contributed by atoms with Gasteiger partial charge in [0.25, 0.3) is 0 Å². The van der Waals surface area contributed by atoms with Crippen molar-refractivity contribution in [2.24, 2.45) is 5.92 Å². The topological polar surface area (TPSA) is 38.3 Å². The van der Waals surface area contributed by atoms with Gasteiger partial charge in [-0.1, -0.05) is 25.3 Å². The maximum Gasteiger partial charge on any atom is 0.338 e. The highest BCUT2D eigenvalue weighted by Gasteiger charge is 2.18. The summed E-state index contributed by atoms with van der Waals surface area (Å²) in [6, 6.07) is 5.95. The lowest BCUT2D eigenvalue weighted by molar-refractivity contribution is 0.0464. The van der Waals surface area contributed by atoms with Gasteiger partial charge in [0.15, 0.2) is 0 Å². The van der Waals surface area contributed by atoms with Crippen LogP contribution in [0.2, 0.25) is 0 Å².